The fourth-order valence-corrected chi connectivity index (χ4v) is 1.37. The van der Waals surface area contributed by atoms with Crippen molar-refractivity contribution in [2.75, 3.05) is 14.1 Å². The van der Waals surface area contributed by atoms with Crippen LogP contribution in [0.15, 0.2) is 11.1 Å². The topological polar surface area (TPSA) is 44.1 Å². The number of amides is 1. The number of rotatable bonds is 1. The van der Waals surface area contributed by atoms with Gasteiger partial charge in [-0.1, -0.05) is 0 Å². The number of carbonyl (C=O) groups is 1. The molecule has 1 aliphatic carbocycles. The molecule has 0 aromatic carbocycles. The molecule has 0 saturated heterocycles. The minimum absolute atomic E-state index is 0.0101. The molecule has 0 saturated carbocycles. The van der Waals surface area contributed by atoms with Crippen molar-refractivity contribution >= 4 is 5.91 Å². The van der Waals surface area contributed by atoms with Gasteiger partial charge in [0.15, 0.2) is 0 Å². The predicted octanol–water partition coefficient (Wildman–Crippen LogP) is 1.08. The summed E-state index contributed by atoms with van der Waals surface area (Å²) in [5.74, 6) is -0.0101. The normalized spacial score (nSPS) is 16.1. The molecule has 0 aromatic rings. The van der Waals surface area contributed by atoms with Crippen molar-refractivity contribution < 1.29 is 4.79 Å². The van der Waals surface area contributed by atoms with Gasteiger partial charge in [-0.2, -0.15) is 5.26 Å². The first-order chi connectivity index (χ1) is 5.66. The monoisotopic (exact) mass is 164 g/mol. The molecule has 0 N–H and O–H groups in total. The van der Waals surface area contributed by atoms with Crippen LogP contribution in [0.5, 0.6) is 0 Å². The predicted molar refractivity (Wildman–Crippen MR) is 45.2 cm³/mol. The molecule has 0 atom stereocenters. The minimum atomic E-state index is -0.0101. The highest BCUT2D eigenvalue weighted by atomic mass is 16.2. The van der Waals surface area contributed by atoms with Crippen LogP contribution in [-0.4, -0.2) is 24.9 Å². The van der Waals surface area contributed by atoms with Crippen molar-refractivity contribution in [3.63, 3.8) is 0 Å². The smallest absolute Gasteiger partial charge is 0.250 e. The summed E-state index contributed by atoms with van der Waals surface area (Å²) >= 11 is 0. The van der Waals surface area contributed by atoms with Crippen molar-refractivity contribution in [1.29, 1.82) is 5.26 Å². The average molecular weight is 164 g/mol. The molecule has 1 amide bonds. The fraction of sp³-hybridized carbons (Fsp3) is 0.556. The van der Waals surface area contributed by atoms with Crippen LogP contribution in [0.1, 0.15) is 19.3 Å². The van der Waals surface area contributed by atoms with Gasteiger partial charge in [0, 0.05) is 25.2 Å². The van der Waals surface area contributed by atoms with Crippen molar-refractivity contribution in [3.8, 4) is 6.07 Å². The summed E-state index contributed by atoms with van der Waals surface area (Å²) in [6.07, 6.45) is 2.48. The summed E-state index contributed by atoms with van der Waals surface area (Å²) < 4.78 is 0. The molecule has 1 aliphatic rings. The Labute approximate surface area is 72.3 Å². The van der Waals surface area contributed by atoms with Gasteiger partial charge in [0.2, 0.25) is 5.91 Å². The van der Waals surface area contributed by atoms with Gasteiger partial charge >= 0.3 is 0 Å². The Hall–Kier alpha value is -1.30. The maximum Gasteiger partial charge on any atom is 0.250 e. The minimum Gasteiger partial charge on any atom is -0.345 e. The van der Waals surface area contributed by atoms with Gasteiger partial charge in [0.05, 0.1) is 6.07 Å². The SMILES string of the molecule is CN(C)C(=O)C1=C(C#N)CCC1. The molecule has 3 heteroatoms. The molecule has 0 unspecified atom stereocenters. The Morgan fingerprint density at radius 1 is 1.50 bits per heavy atom. The van der Waals surface area contributed by atoms with E-state index in [0.29, 0.717) is 11.1 Å². The maximum atomic E-state index is 11.4. The zero-order valence-corrected chi connectivity index (χ0v) is 7.42. The highest BCUT2D eigenvalue weighted by Gasteiger charge is 2.21. The van der Waals surface area contributed by atoms with Gasteiger partial charge in [0.25, 0.3) is 0 Å². The summed E-state index contributed by atoms with van der Waals surface area (Å²) in [6, 6.07) is 2.08. The number of nitriles is 1. The summed E-state index contributed by atoms with van der Waals surface area (Å²) in [5.41, 5.74) is 1.39. The Morgan fingerprint density at radius 2 is 2.17 bits per heavy atom. The van der Waals surface area contributed by atoms with E-state index in [1.165, 1.54) is 4.90 Å². The number of allylic oxidation sites excluding steroid dienone is 1. The molecule has 0 heterocycles. The second kappa shape index (κ2) is 3.40. The third kappa shape index (κ3) is 1.48. The molecule has 0 aromatic heterocycles. The third-order valence-electron chi connectivity index (χ3n) is 2.02. The quantitative estimate of drug-likeness (QED) is 0.582. The van der Waals surface area contributed by atoms with Gasteiger partial charge in [0.1, 0.15) is 0 Å². The number of nitrogens with zero attached hydrogens (tertiary/aromatic N) is 2. The maximum absolute atomic E-state index is 11.4. The molecule has 64 valence electrons. The number of carbonyl (C=O) groups excluding carboxylic acids is 1. The second-order valence-electron chi connectivity index (χ2n) is 3.12. The zero-order chi connectivity index (χ0) is 9.14. The average Bonchev–Trinajstić information content (AvgIpc) is 2.49. The first-order valence-corrected chi connectivity index (χ1v) is 4.00. The fourth-order valence-electron chi connectivity index (χ4n) is 1.37. The van der Waals surface area contributed by atoms with E-state index in [2.05, 4.69) is 6.07 Å². The van der Waals surface area contributed by atoms with E-state index in [1.807, 2.05) is 0 Å². The molecule has 3 nitrogen and oxygen atoms in total. The van der Waals surface area contributed by atoms with Crippen LogP contribution in [0.3, 0.4) is 0 Å². The van der Waals surface area contributed by atoms with Gasteiger partial charge in [-0.05, 0) is 19.3 Å². The second-order valence-corrected chi connectivity index (χ2v) is 3.12. The van der Waals surface area contributed by atoms with Crippen LogP contribution in [0.2, 0.25) is 0 Å². The van der Waals surface area contributed by atoms with Crippen LogP contribution < -0.4 is 0 Å². The van der Waals surface area contributed by atoms with E-state index in [1.54, 1.807) is 14.1 Å². The lowest BCUT2D eigenvalue weighted by atomic mass is 10.1. The first-order valence-electron chi connectivity index (χ1n) is 4.00. The molecule has 0 bridgehead atoms. The van der Waals surface area contributed by atoms with Crippen LogP contribution >= 0.6 is 0 Å². The number of hydrogen-bond acceptors (Lipinski definition) is 2. The van der Waals surface area contributed by atoms with E-state index in [9.17, 15) is 4.79 Å². The molecule has 1 rings (SSSR count). The first kappa shape index (κ1) is 8.79. The van der Waals surface area contributed by atoms with Gasteiger partial charge in [-0.3, -0.25) is 4.79 Å². The van der Waals surface area contributed by atoms with Crippen LogP contribution in [0.25, 0.3) is 0 Å². The van der Waals surface area contributed by atoms with Gasteiger partial charge < -0.3 is 4.90 Å². The molecular formula is C9H12N2O. The summed E-state index contributed by atoms with van der Waals surface area (Å²) in [6.45, 7) is 0. The Kier molecular flexibility index (Phi) is 2.49. The van der Waals surface area contributed by atoms with E-state index in [-0.39, 0.29) is 5.91 Å². The number of hydrogen-bond donors (Lipinski definition) is 0. The highest BCUT2D eigenvalue weighted by molar-refractivity contribution is 5.95. The lowest BCUT2D eigenvalue weighted by Gasteiger charge is -2.10. The van der Waals surface area contributed by atoms with Crippen molar-refractivity contribution in [2.45, 2.75) is 19.3 Å². The summed E-state index contributed by atoms with van der Waals surface area (Å²) in [5, 5.41) is 8.69. The molecule has 0 spiro atoms. The molecular weight excluding hydrogens is 152 g/mol. The van der Waals surface area contributed by atoms with Gasteiger partial charge in [-0.25, -0.2) is 0 Å². The highest BCUT2D eigenvalue weighted by Crippen LogP contribution is 2.26. The Balaban J connectivity index is 2.88. The van der Waals surface area contributed by atoms with E-state index in [4.69, 9.17) is 5.26 Å². The lowest BCUT2D eigenvalue weighted by molar-refractivity contribution is -0.124. The summed E-state index contributed by atoms with van der Waals surface area (Å²) in [7, 11) is 3.42. The molecule has 12 heavy (non-hydrogen) atoms. The number of likely N-dealkylation sites (N-methyl/N-ethyl adjacent to an activating group) is 1. The third-order valence-corrected chi connectivity index (χ3v) is 2.02. The lowest BCUT2D eigenvalue weighted by Crippen LogP contribution is -2.23. The Bertz CT molecular complexity index is 271. The van der Waals surface area contributed by atoms with Crippen LogP contribution in [0, 0.1) is 11.3 Å². The molecule has 0 radical (unpaired) electrons. The summed E-state index contributed by atoms with van der Waals surface area (Å²) in [4.78, 5) is 13.0. The largest absolute Gasteiger partial charge is 0.345 e. The van der Waals surface area contributed by atoms with Crippen molar-refractivity contribution in [2.24, 2.45) is 0 Å². The van der Waals surface area contributed by atoms with E-state index >= 15 is 0 Å². The Morgan fingerprint density at radius 3 is 2.67 bits per heavy atom. The van der Waals surface area contributed by atoms with Gasteiger partial charge in [-0.15, -0.1) is 0 Å². The van der Waals surface area contributed by atoms with E-state index < -0.39 is 0 Å². The van der Waals surface area contributed by atoms with Crippen molar-refractivity contribution in [3.05, 3.63) is 11.1 Å². The molecule has 0 aliphatic heterocycles. The van der Waals surface area contributed by atoms with E-state index in [0.717, 1.165) is 19.3 Å². The zero-order valence-electron chi connectivity index (χ0n) is 7.42. The standard InChI is InChI=1S/C9H12N2O/c1-11(2)9(12)8-5-3-4-7(8)6-10/h3-5H2,1-2H3. The molecule has 0 fully saturated rings. The van der Waals surface area contributed by atoms with Crippen LogP contribution in [-0.2, 0) is 4.79 Å². The van der Waals surface area contributed by atoms with Crippen LogP contribution in [0.4, 0.5) is 0 Å². The van der Waals surface area contributed by atoms with Crippen molar-refractivity contribution in [1.82, 2.24) is 4.90 Å².